The summed E-state index contributed by atoms with van der Waals surface area (Å²) in [5, 5.41) is 20.3. The minimum absolute atomic E-state index is 0.0258. The lowest BCUT2D eigenvalue weighted by Crippen LogP contribution is -2.45. The average Bonchev–Trinajstić information content (AvgIpc) is 2.94. The summed E-state index contributed by atoms with van der Waals surface area (Å²) < 4.78 is 32.1. The lowest BCUT2D eigenvalue weighted by Gasteiger charge is -2.33. The van der Waals surface area contributed by atoms with Crippen LogP contribution in [0.5, 0.6) is 0 Å². The molecular formula is C32H37ClN2O8S. The molecule has 0 fully saturated rings. The Kier molecular flexibility index (Phi) is 11.2. The Bertz CT molecular complexity index is 1590. The summed E-state index contributed by atoms with van der Waals surface area (Å²) in [6.45, 7) is 6.54. The maximum Gasteiger partial charge on any atom is 0.410 e. The van der Waals surface area contributed by atoms with E-state index in [0.29, 0.717) is 17.0 Å². The summed E-state index contributed by atoms with van der Waals surface area (Å²) in [6.07, 6.45) is -1.26. The van der Waals surface area contributed by atoms with E-state index in [1.54, 1.807) is 57.2 Å². The minimum Gasteiger partial charge on any atom is -0.480 e. The van der Waals surface area contributed by atoms with Crippen molar-refractivity contribution < 1.29 is 37.8 Å². The molecule has 2 amide bonds. The van der Waals surface area contributed by atoms with Gasteiger partial charge in [-0.1, -0.05) is 35.9 Å². The first-order valence-corrected chi connectivity index (χ1v) is 15.7. The molecule has 0 saturated heterocycles. The van der Waals surface area contributed by atoms with Crippen LogP contribution in [0.25, 0.3) is 0 Å². The summed E-state index contributed by atoms with van der Waals surface area (Å²) >= 11 is 6.08. The second-order valence-corrected chi connectivity index (χ2v) is 13.9. The molecule has 2 N–H and O–H groups in total. The van der Waals surface area contributed by atoms with Crippen LogP contribution in [0.15, 0.2) is 82.6 Å². The molecule has 0 aliphatic carbocycles. The van der Waals surface area contributed by atoms with Crippen molar-refractivity contribution in [2.45, 2.75) is 61.7 Å². The Morgan fingerprint density at radius 1 is 0.955 bits per heavy atom. The molecule has 0 bridgehead atoms. The van der Waals surface area contributed by atoms with Crippen LogP contribution in [0.3, 0.4) is 0 Å². The molecule has 44 heavy (non-hydrogen) atoms. The zero-order valence-corrected chi connectivity index (χ0v) is 26.8. The van der Waals surface area contributed by atoms with Crippen LogP contribution in [-0.2, 0) is 25.8 Å². The fraction of sp³-hybridized carbons (Fsp3) is 0.344. The molecule has 0 radical (unpaired) electrons. The summed E-state index contributed by atoms with van der Waals surface area (Å²) in [5.41, 5.74) is 0.709. The Balaban J connectivity index is 1.77. The molecule has 10 nitrogen and oxygen atoms in total. The van der Waals surface area contributed by atoms with Gasteiger partial charge in [0.1, 0.15) is 12.1 Å². The number of aliphatic hydroxyl groups excluding tert-OH is 1. The third kappa shape index (κ3) is 9.28. The normalized spacial score (nSPS) is 13.1. The Morgan fingerprint density at radius 2 is 1.52 bits per heavy atom. The number of aliphatic carboxylic acids is 1. The first kappa shape index (κ1) is 34.6. The van der Waals surface area contributed by atoms with E-state index in [9.17, 15) is 27.9 Å². The van der Waals surface area contributed by atoms with Crippen molar-refractivity contribution in [2.75, 3.05) is 20.1 Å². The van der Waals surface area contributed by atoms with Crippen LogP contribution < -0.4 is 0 Å². The first-order valence-electron chi connectivity index (χ1n) is 13.8. The second kappa shape index (κ2) is 14.2. The third-order valence-corrected chi connectivity index (χ3v) is 8.68. The molecule has 3 aromatic rings. The topological polar surface area (TPSA) is 142 Å². The molecular weight excluding hydrogens is 608 g/mol. The number of nitrogens with zero attached hydrogens (tertiary/aromatic N) is 2. The molecule has 2 unspecified atom stereocenters. The van der Waals surface area contributed by atoms with Crippen LogP contribution in [-0.4, -0.2) is 78.2 Å². The van der Waals surface area contributed by atoms with Crippen LogP contribution >= 0.6 is 11.6 Å². The van der Waals surface area contributed by atoms with Gasteiger partial charge in [0.05, 0.1) is 22.4 Å². The second-order valence-electron chi connectivity index (χ2n) is 11.5. The van der Waals surface area contributed by atoms with Gasteiger partial charge in [0.2, 0.25) is 9.84 Å². The van der Waals surface area contributed by atoms with Gasteiger partial charge in [0, 0.05) is 23.7 Å². The quantitative estimate of drug-likeness (QED) is 0.289. The van der Waals surface area contributed by atoms with E-state index in [1.165, 1.54) is 48.3 Å². The van der Waals surface area contributed by atoms with E-state index >= 15 is 0 Å². The van der Waals surface area contributed by atoms with Gasteiger partial charge in [-0.15, -0.1) is 0 Å². The third-order valence-electron chi connectivity index (χ3n) is 6.66. The van der Waals surface area contributed by atoms with Crippen molar-refractivity contribution >= 4 is 39.4 Å². The molecule has 0 heterocycles. The lowest BCUT2D eigenvalue weighted by molar-refractivity contribution is -0.137. The number of hydrogen-bond acceptors (Lipinski definition) is 7. The van der Waals surface area contributed by atoms with Crippen LogP contribution in [0.2, 0.25) is 5.02 Å². The van der Waals surface area contributed by atoms with Crippen molar-refractivity contribution in [3.63, 3.8) is 0 Å². The number of carbonyl (C=O) groups excluding carboxylic acids is 2. The van der Waals surface area contributed by atoms with Crippen LogP contribution in [0.4, 0.5) is 4.79 Å². The molecule has 3 aromatic carbocycles. The predicted octanol–water partition coefficient (Wildman–Crippen LogP) is 5.23. The molecule has 0 spiro atoms. The standard InChI is InChI=1S/C32H37ClN2O8S/c1-21(35(31(40)43-32(2,3)4)19-28(36)24-7-6-8-25(33)18-24)17-22-9-13-26(14-10-22)44(41,42)27-15-11-23(12-16-27)30(39)34(5)20-29(37)38/h6-16,18,21,28,36H,17,19-20H2,1-5H3,(H,37,38). The average molecular weight is 645 g/mol. The highest BCUT2D eigenvalue weighted by molar-refractivity contribution is 7.91. The Labute approximate surface area is 262 Å². The van der Waals surface area contributed by atoms with Gasteiger partial charge in [-0.05, 0) is 93.8 Å². The van der Waals surface area contributed by atoms with Crippen molar-refractivity contribution in [1.29, 1.82) is 0 Å². The number of aliphatic hydroxyl groups is 1. The Morgan fingerprint density at radius 3 is 2.05 bits per heavy atom. The molecule has 2 atom stereocenters. The fourth-order valence-electron chi connectivity index (χ4n) is 4.42. The number of carbonyl (C=O) groups is 3. The SMILES string of the molecule is CC(Cc1ccc(S(=O)(=O)c2ccc(C(=O)N(C)CC(=O)O)cc2)cc1)N(CC(O)c1cccc(Cl)c1)C(=O)OC(C)(C)C. The molecule has 12 heteroatoms. The number of carboxylic acid groups (broad SMARTS) is 1. The van der Waals surface area contributed by atoms with Crippen molar-refractivity contribution in [3.8, 4) is 0 Å². The van der Waals surface area contributed by atoms with Crippen molar-refractivity contribution in [3.05, 3.63) is 94.5 Å². The zero-order valence-electron chi connectivity index (χ0n) is 25.2. The number of benzene rings is 3. The zero-order chi connectivity index (χ0) is 32.8. The summed E-state index contributed by atoms with van der Waals surface area (Å²) in [5.74, 6) is -1.71. The van der Waals surface area contributed by atoms with E-state index < -0.39 is 52.1 Å². The fourth-order valence-corrected chi connectivity index (χ4v) is 5.88. The molecule has 0 aliphatic rings. The van der Waals surface area contributed by atoms with Gasteiger partial charge in [-0.25, -0.2) is 13.2 Å². The largest absolute Gasteiger partial charge is 0.480 e. The van der Waals surface area contributed by atoms with Gasteiger partial charge in [-0.3, -0.25) is 9.59 Å². The summed E-state index contributed by atoms with van der Waals surface area (Å²) in [7, 11) is -2.57. The molecule has 0 saturated carbocycles. The number of amides is 2. The molecule has 0 aromatic heterocycles. The van der Waals surface area contributed by atoms with Crippen molar-refractivity contribution in [2.24, 2.45) is 0 Å². The minimum atomic E-state index is -3.91. The van der Waals surface area contributed by atoms with Crippen LogP contribution in [0.1, 0.15) is 55.3 Å². The number of ether oxygens (including phenoxy) is 1. The van der Waals surface area contributed by atoms with Crippen LogP contribution in [0, 0.1) is 0 Å². The summed E-state index contributed by atoms with van der Waals surface area (Å²) in [6, 6.07) is 17.9. The number of hydrogen-bond donors (Lipinski definition) is 2. The maximum atomic E-state index is 13.3. The van der Waals surface area contributed by atoms with Gasteiger partial charge in [0.15, 0.2) is 0 Å². The molecule has 3 rings (SSSR count). The van der Waals surface area contributed by atoms with Gasteiger partial charge in [-0.2, -0.15) is 0 Å². The highest BCUT2D eigenvalue weighted by Crippen LogP contribution is 2.25. The Hall–Kier alpha value is -3.93. The first-order chi connectivity index (χ1) is 20.5. The van der Waals surface area contributed by atoms with E-state index in [1.807, 2.05) is 6.92 Å². The van der Waals surface area contributed by atoms with E-state index in [4.69, 9.17) is 21.4 Å². The van der Waals surface area contributed by atoms with Gasteiger partial charge in [0.25, 0.3) is 5.91 Å². The predicted molar refractivity (Wildman–Crippen MR) is 165 cm³/mol. The van der Waals surface area contributed by atoms with E-state index in [0.717, 1.165) is 10.5 Å². The molecule has 236 valence electrons. The van der Waals surface area contributed by atoms with Crippen molar-refractivity contribution in [1.82, 2.24) is 9.80 Å². The monoisotopic (exact) mass is 644 g/mol. The highest BCUT2D eigenvalue weighted by Gasteiger charge is 2.29. The highest BCUT2D eigenvalue weighted by atomic mass is 35.5. The smallest absolute Gasteiger partial charge is 0.410 e. The summed E-state index contributed by atoms with van der Waals surface area (Å²) in [4.78, 5) is 38.9. The number of carboxylic acids is 1. The number of likely N-dealkylation sites (N-methyl/N-ethyl adjacent to an activating group) is 1. The maximum absolute atomic E-state index is 13.3. The number of sulfone groups is 1. The number of rotatable bonds is 11. The van der Waals surface area contributed by atoms with E-state index in [-0.39, 0.29) is 21.9 Å². The molecule has 0 aliphatic heterocycles. The van der Waals surface area contributed by atoms with Gasteiger partial charge < -0.3 is 24.7 Å². The van der Waals surface area contributed by atoms with E-state index in [2.05, 4.69) is 0 Å². The number of halogens is 1. The van der Waals surface area contributed by atoms with Gasteiger partial charge >= 0.3 is 12.1 Å². The lowest BCUT2D eigenvalue weighted by atomic mass is 10.0.